The van der Waals surface area contributed by atoms with Crippen molar-refractivity contribution < 1.29 is 14.6 Å². The van der Waals surface area contributed by atoms with E-state index >= 15 is 0 Å². The van der Waals surface area contributed by atoms with Gasteiger partial charge in [-0.1, -0.05) is 32.9 Å². The molecule has 1 aromatic carbocycles. The average Bonchev–Trinajstić information content (AvgIpc) is 2.76. The van der Waals surface area contributed by atoms with Crippen molar-refractivity contribution in [2.75, 3.05) is 11.9 Å². The third-order valence-corrected chi connectivity index (χ3v) is 5.03. The molecule has 0 aliphatic heterocycles. The van der Waals surface area contributed by atoms with E-state index in [2.05, 4.69) is 46.0 Å². The Bertz CT molecular complexity index is 1070. The number of anilines is 2. The number of carbonyl (C=O) groups excluding carboxylic acids is 1. The molecule has 0 radical (unpaired) electrons. The van der Waals surface area contributed by atoms with E-state index in [4.69, 9.17) is 10.5 Å². The largest absolute Gasteiger partial charge is 0.450 e. The number of hydrogen-bond acceptors (Lipinski definition) is 8. The molecule has 0 aliphatic carbocycles. The van der Waals surface area contributed by atoms with Gasteiger partial charge in [0, 0.05) is 29.1 Å². The molecule has 4 N–H and O–H groups in total. The van der Waals surface area contributed by atoms with Crippen molar-refractivity contribution in [1.29, 1.82) is 0 Å². The van der Waals surface area contributed by atoms with E-state index in [-0.39, 0.29) is 24.5 Å². The van der Waals surface area contributed by atoms with Gasteiger partial charge in [0.1, 0.15) is 6.33 Å². The van der Waals surface area contributed by atoms with Gasteiger partial charge in [-0.15, -0.1) is 0 Å². The average molecular weight is 437 g/mol. The molecule has 2 heterocycles. The number of primary amides is 1. The van der Waals surface area contributed by atoms with Crippen LogP contribution in [0.1, 0.15) is 44.4 Å². The Morgan fingerprint density at radius 3 is 2.72 bits per heavy atom. The lowest BCUT2D eigenvalue weighted by Crippen LogP contribution is -2.23. The van der Waals surface area contributed by atoms with Crippen molar-refractivity contribution in [2.24, 2.45) is 11.1 Å². The van der Waals surface area contributed by atoms with Crippen molar-refractivity contribution in [1.82, 2.24) is 19.9 Å². The summed E-state index contributed by atoms with van der Waals surface area (Å²) in [6.45, 7) is 6.51. The minimum Gasteiger partial charge on any atom is -0.450 e. The SMILES string of the molecule is CC(C)(C)C(CCOC(N)=O)c1cc(-c2ncnc(Nc3cccc(CO)c3)n2)ccn1. The summed E-state index contributed by atoms with van der Waals surface area (Å²) in [5.74, 6) is 0.929. The second kappa shape index (κ2) is 10.1. The van der Waals surface area contributed by atoms with Gasteiger partial charge in [0.15, 0.2) is 5.82 Å². The fraction of sp³-hybridized carbons (Fsp3) is 0.348. The summed E-state index contributed by atoms with van der Waals surface area (Å²) in [5, 5.41) is 12.5. The molecule has 0 saturated carbocycles. The molecular weight excluding hydrogens is 408 g/mol. The van der Waals surface area contributed by atoms with Crippen LogP contribution in [0, 0.1) is 5.41 Å². The second-order valence-electron chi connectivity index (χ2n) is 8.46. The predicted octanol–water partition coefficient (Wildman–Crippen LogP) is 3.78. The van der Waals surface area contributed by atoms with Gasteiger partial charge in [0.25, 0.3) is 0 Å². The fourth-order valence-corrected chi connectivity index (χ4v) is 3.45. The summed E-state index contributed by atoms with van der Waals surface area (Å²) >= 11 is 0. The first-order valence-electron chi connectivity index (χ1n) is 10.3. The van der Waals surface area contributed by atoms with Crippen molar-refractivity contribution in [3.8, 4) is 11.4 Å². The maximum Gasteiger partial charge on any atom is 0.404 e. The normalized spacial score (nSPS) is 12.2. The minimum atomic E-state index is -0.783. The van der Waals surface area contributed by atoms with Crippen molar-refractivity contribution in [2.45, 2.75) is 39.7 Å². The van der Waals surface area contributed by atoms with Crippen LogP contribution in [-0.4, -0.2) is 37.7 Å². The number of aliphatic hydroxyl groups is 1. The number of amides is 1. The number of hydrogen-bond donors (Lipinski definition) is 3. The van der Waals surface area contributed by atoms with Gasteiger partial charge in [-0.05, 0) is 41.7 Å². The number of ether oxygens (including phenoxy) is 1. The lowest BCUT2D eigenvalue weighted by Gasteiger charge is -2.30. The Kier molecular flexibility index (Phi) is 7.32. The number of nitrogens with zero attached hydrogens (tertiary/aromatic N) is 4. The summed E-state index contributed by atoms with van der Waals surface area (Å²) < 4.78 is 4.95. The Hall–Kier alpha value is -3.59. The number of benzene rings is 1. The van der Waals surface area contributed by atoms with Crippen LogP contribution in [0.25, 0.3) is 11.4 Å². The number of nitrogens with two attached hydrogens (primary N) is 1. The van der Waals surface area contributed by atoms with Crippen LogP contribution in [0.4, 0.5) is 16.4 Å². The van der Waals surface area contributed by atoms with E-state index in [1.165, 1.54) is 6.33 Å². The quantitative estimate of drug-likeness (QED) is 0.485. The molecule has 0 fully saturated rings. The van der Waals surface area contributed by atoms with Crippen LogP contribution >= 0.6 is 0 Å². The highest BCUT2D eigenvalue weighted by molar-refractivity contribution is 5.64. The van der Waals surface area contributed by atoms with Crippen molar-refractivity contribution >= 4 is 17.7 Å². The number of carbonyl (C=O) groups is 1. The third-order valence-electron chi connectivity index (χ3n) is 5.03. The highest BCUT2D eigenvalue weighted by Gasteiger charge is 2.28. The number of pyridine rings is 1. The Labute approximate surface area is 187 Å². The van der Waals surface area contributed by atoms with E-state index < -0.39 is 6.09 Å². The molecule has 2 aromatic heterocycles. The van der Waals surface area contributed by atoms with Gasteiger partial charge in [-0.3, -0.25) is 4.98 Å². The van der Waals surface area contributed by atoms with Crippen LogP contribution in [0.2, 0.25) is 0 Å². The van der Waals surface area contributed by atoms with Crippen LogP contribution in [0.15, 0.2) is 48.9 Å². The zero-order valence-electron chi connectivity index (χ0n) is 18.4. The molecule has 3 aromatic rings. The van der Waals surface area contributed by atoms with Crippen LogP contribution in [0.5, 0.6) is 0 Å². The molecule has 0 spiro atoms. The Morgan fingerprint density at radius 1 is 1.19 bits per heavy atom. The van der Waals surface area contributed by atoms with Gasteiger partial charge >= 0.3 is 6.09 Å². The summed E-state index contributed by atoms with van der Waals surface area (Å²) in [6, 6.07) is 11.2. The van der Waals surface area contributed by atoms with Gasteiger partial charge in [0.2, 0.25) is 5.95 Å². The predicted molar refractivity (Wildman–Crippen MR) is 121 cm³/mol. The van der Waals surface area contributed by atoms with Gasteiger partial charge in [-0.25, -0.2) is 14.8 Å². The fourth-order valence-electron chi connectivity index (χ4n) is 3.45. The zero-order valence-corrected chi connectivity index (χ0v) is 18.4. The summed E-state index contributed by atoms with van der Waals surface area (Å²) in [5.41, 5.74) is 8.19. The van der Waals surface area contributed by atoms with E-state index in [0.717, 1.165) is 22.5 Å². The lowest BCUT2D eigenvalue weighted by molar-refractivity contribution is 0.143. The number of aliphatic hydroxyl groups excluding tert-OH is 1. The zero-order chi connectivity index (χ0) is 23.1. The molecule has 1 amide bonds. The molecule has 0 aliphatic rings. The molecule has 32 heavy (non-hydrogen) atoms. The molecule has 9 heteroatoms. The van der Waals surface area contributed by atoms with Crippen LogP contribution < -0.4 is 11.1 Å². The van der Waals surface area contributed by atoms with Crippen LogP contribution in [0.3, 0.4) is 0 Å². The Balaban J connectivity index is 1.84. The monoisotopic (exact) mass is 436 g/mol. The molecule has 1 unspecified atom stereocenters. The summed E-state index contributed by atoms with van der Waals surface area (Å²) in [6.07, 6.45) is 2.98. The van der Waals surface area contributed by atoms with Crippen molar-refractivity contribution in [3.05, 3.63) is 60.2 Å². The number of nitrogens with one attached hydrogen (secondary N) is 1. The summed E-state index contributed by atoms with van der Waals surface area (Å²) in [7, 11) is 0. The first-order valence-corrected chi connectivity index (χ1v) is 10.3. The molecule has 0 bridgehead atoms. The molecule has 168 valence electrons. The standard InChI is InChI=1S/C23H28N6O3/c1-23(2,3)18(8-10-32-21(24)31)19-12-16(7-9-25-19)20-26-14-27-22(29-20)28-17-6-4-5-15(11-17)13-30/h4-7,9,11-12,14,18,30H,8,10,13H2,1-3H3,(H2,24,31)(H,26,27,28,29). The van der Waals surface area contributed by atoms with Crippen molar-refractivity contribution in [3.63, 3.8) is 0 Å². The van der Waals surface area contributed by atoms with Gasteiger partial charge < -0.3 is 20.9 Å². The first kappa shape index (κ1) is 23.1. The number of rotatable bonds is 8. The maximum atomic E-state index is 10.9. The third kappa shape index (κ3) is 6.21. The van der Waals surface area contributed by atoms with Gasteiger partial charge in [-0.2, -0.15) is 4.98 Å². The van der Waals surface area contributed by atoms with Gasteiger partial charge in [0.05, 0.1) is 13.2 Å². The second-order valence-corrected chi connectivity index (χ2v) is 8.46. The Morgan fingerprint density at radius 2 is 2.00 bits per heavy atom. The maximum absolute atomic E-state index is 10.9. The van der Waals surface area contributed by atoms with E-state index in [0.29, 0.717) is 18.2 Å². The number of aromatic nitrogens is 4. The molecule has 0 saturated heterocycles. The first-order chi connectivity index (χ1) is 15.3. The topological polar surface area (TPSA) is 136 Å². The van der Waals surface area contributed by atoms with E-state index in [1.54, 1.807) is 6.20 Å². The summed E-state index contributed by atoms with van der Waals surface area (Å²) in [4.78, 5) is 28.6. The van der Waals surface area contributed by atoms with E-state index in [9.17, 15) is 9.90 Å². The highest BCUT2D eigenvalue weighted by Crippen LogP contribution is 2.37. The lowest BCUT2D eigenvalue weighted by atomic mass is 9.76. The molecule has 1 atom stereocenters. The molecule has 9 nitrogen and oxygen atoms in total. The highest BCUT2D eigenvalue weighted by atomic mass is 16.5. The van der Waals surface area contributed by atoms with Crippen LogP contribution in [-0.2, 0) is 11.3 Å². The smallest absolute Gasteiger partial charge is 0.404 e. The van der Waals surface area contributed by atoms with E-state index in [1.807, 2.05) is 36.4 Å². The molecular formula is C23H28N6O3. The molecule has 3 rings (SSSR count). The minimum absolute atomic E-state index is 0.0301.